The molecule has 1 aromatic rings. The van der Waals surface area contributed by atoms with Gasteiger partial charge in [-0.1, -0.05) is 6.08 Å². The molecule has 1 saturated heterocycles. The van der Waals surface area contributed by atoms with Crippen LogP contribution in [0.15, 0.2) is 24.5 Å². The fraction of sp³-hybridized carbons (Fsp3) is 0.500. The van der Waals surface area contributed by atoms with Crippen LogP contribution in [0, 0.1) is 11.8 Å². The highest BCUT2D eigenvalue weighted by molar-refractivity contribution is 5.69. The molecule has 3 nitrogen and oxygen atoms in total. The van der Waals surface area contributed by atoms with Gasteiger partial charge in [0, 0.05) is 12.7 Å². The van der Waals surface area contributed by atoms with E-state index in [1.54, 1.807) is 13.3 Å². The second-order valence-corrected chi connectivity index (χ2v) is 4.97. The van der Waals surface area contributed by atoms with E-state index in [1.807, 2.05) is 6.20 Å². The van der Waals surface area contributed by atoms with Crippen LogP contribution in [-0.2, 0) is 0 Å². The van der Waals surface area contributed by atoms with Crippen molar-refractivity contribution in [1.29, 1.82) is 0 Å². The Bertz CT molecular complexity index is 442. The SMILES string of the molecule is COc1cncc(C2=CCC3CNCC2C3)c1. The molecule has 1 aliphatic heterocycles. The van der Waals surface area contributed by atoms with Gasteiger partial charge in [-0.3, -0.25) is 4.98 Å². The third kappa shape index (κ3) is 2.07. The van der Waals surface area contributed by atoms with Gasteiger partial charge in [0.1, 0.15) is 5.75 Å². The number of hydrogen-bond donors (Lipinski definition) is 1. The van der Waals surface area contributed by atoms with Crippen molar-refractivity contribution in [2.75, 3.05) is 20.2 Å². The van der Waals surface area contributed by atoms with E-state index in [4.69, 9.17) is 4.74 Å². The quantitative estimate of drug-likeness (QED) is 0.845. The van der Waals surface area contributed by atoms with Gasteiger partial charge in [0.05, 0.1) is 13.3 Å². The molecule has 2 bridgehead atoms. The number of rotatable bonds is 2. The minimum Gasteiger partial charge on any atom is -0.495 e. The summed E-state index contributed by atoms with van der Waals surface area (Å²) in [7, 11) is 1.69. The van der Waals surface area contributed by atoms with E-state index in [9.17, 15) is 0 Å². The molecular weight excluding hydrogens is 212 g/mol. The highest BCUT2D eigenvalue weighted by atomic mass is 16.5. The van der Waals surface area contributed by atoms with Gasteiger partial charge >= 0.3 is 0 Å². The van der Waals surface area contributed by atoms with Gasteiger partial charge in [0.15, 0.2) is 0 Å². The summed E-state index contributed by atoms with van der Waals surface area (Å²) in [6.07, 6.45) is 8.61. The van der Waals surface area contributed by atoms with Crippen molar-refractivity contribution in [2.24, 2.45) is 11.8 Å². The van der Waals surface area contributed by atoms with Crippen molar-refractivity contribution in [3.63, 3.8) is 0 Å². The van der Waals surface area contributed by atoms with Crippen LogP contribution in [-0.4, -0.2) is 25.2 Å². The van der Waals surface area contributed by atoms with Crippen molar-refractivity contribution in [3.05, 3.63) is 30.1 Å². The standard InChI is InChI=1S/C14H18N2O/c1-17-13-5-12(8-16-9-13)14-3-2-10-4-11(14)7-15-6-10/h3,5,8-11,15H,2,4,6-7H2,1H3. The second-order valence-electron chi connectivity index (χ2n) is 4.97. The molecule has 1 fully saturated rings. The third-order valence-electron chi connectivity index (χ3n) is 3.83. The van der Waals surface area contributed by atoms with Crippen LogP contribution in [0.3, 0.4) is 0 Å². The summed E-state index contributed by atoms with van der Waals surface area (Å²) in [6, 6.07) is 2.09. The van der Waals surface area contributed by atoms with Crippen LogP contribution in [0.4, 0.5) is 0 Å². The number of pyridine rings is 1. The Morgan fingerprint density at radius 2 is 2.29 bits per heavy atom. The highest BCUT2D eigenvalue weighted by Gasteiger charge is 2.28. The Labute approximate surface area is 102 Å². The summed E-state index contributed by atoms with van der Waals surface area (Å²) in [5.74, 6) is 2.32. The lowest BCUT2D eigenvalue weighted by atomic mass is 9.76. The first-order valence-corrected chi connectivity index (χ1v) is 6.27. The monoisotopic (exact) mass is 230 g/mol. The fourth-order valence-corrected chi connectivity index (χ4v) is 2.95. The molecule has 1 N–H and O–H groups in total. The molecule has 0 amide bonds. The molecular formula is C14H18N2O. The predicted octanol–water partition coefficient (Wildman–Crippen LogP) is 2.10. The van der Waals surface area contributed by atoms with Crippen LogP contribution in [0.1, 0.15) is 18.4 Å². The van der Waals surface area contributed by atoms with Crippen molar-refractivity contribution in [1.82, 2.24) is 10.3 Å². The Morgan fingerprint density at radius 1 is 1.35 bits per heavy atom. The summed E-state index contributed by atoms with van der Waals surface area (Å²) in [5, 5.41) is 3.52. The first-order chi connectivity index (χ1) is 8.36. The Kier molecular flexibility index (Phi) is 2.85. The smallest absolute Gasteiger partial charge is 0.137 e. The molecule has 0 aromatic carbocycles. The van der Waals surface area contributed by atoms with E-state index < -0.39 is 0 Å². The molecule has 2 atom stereocenters. The number of ether oxygens (including phenoxy) is 1. The zero-order chi connectivity index (χ0) is 11.7. The highest BCUT2D eigenvalue weighted by Crippen LogP contribution is 2.37. The van der Waals surface area contributed by atoms with E-state index in [1.165, 1.54) is 30.5 Å². The van der Waals surface area contributed by atoms with Gasteiger partial charge in [0.25, 0.3) is 0 Å². The zero-order valence-electron chi connectivity index (χ0n) is 10.1. The van der Waals surface area contributed by atoms with Crippen molar-refractivity contribution < 1.29 is 4.74 Å². The molecule has 1 aliphatic carbocycles. The topological polar surface area (TPSA) is 34.1 Å². The molecule has 3 heteroatoms. The molecule has 0 saturated carbocycles. The van der Waals surface area contributed by atoms with Gasteiger partial charge in [0.2, 0.25) is 0 Å². The normalized spacial score (nSPS) is 27.5. The molecule has 90 valence electrons. The van der Waals surface area contributed by atoms with Gasteiger partial charge in [-0.05, 0) is 48.4 Å². The predicted molar refractivity (Wildman–Crippen MR) is 67.8 cm³/mol. The Morgan fingerprint density at radius 3 is 3.18 bits per heavy atom. The number of allylic oxidation sites excluding steroid dienone is 1. The van der Waals surface area contributed by atoms with Crippen LogP contribution < -0.4 is 10.1 Å². The average Bonchev–Trinajstić information content (AvgIpc) is 2.39. The minimum absolute atomic E-state index is 0.649. The lowest BCUT2D eigenvalue weighted by Crippen LogP contribution is -2.38. The first kappa shape index (κ1) is 10.8. The lowest BCUT2D eigenvalue weighted by molar-refractivity contribution is 0.320. The third-order valence-corrected chi connectivity index (χ3v) is 3.83. The summed E-state index contributed by atoms with van der Waals surface area (Å²) in [6.45, 7) is 2.27. The summed E-state index contributed by atoms with van der Waals surface area (Å²) in [4.78, 5) is 4.25. The van der Waals surface area contributed by atoms with E-state index in [0.717, 1.165) is 18.2 Å². The van der Waals surface area contributed by atoms with Gasteiger partial charge in [-0.15, -0.1) is 0 Å². The molecule has 1 aromatic heterocycles. The molecule has 0 spiro atoms. The number of methoxy groups -OCH3 is 1. The van der Waals surface area contributed by atoms with Crippen molar-refractivity contribution in [3.8, 4) is 5.75 Å². The number of fused-ring (bicyclic) bond motifs is 2. The number of nitrogens with one attached hydrogen (secondary N) is 1. The van der Waals surface area contributed by atoms with Crippen LogP contribution >= 0.6 is 0 Å². The molecule has 3 rings (SSSR count). The fourth-order valence-electron chi connectivity index (χ4n) is 2.95. The van der Waals surface area contributed by atoms with Crippen LogP contribution in [0.25, 0.3) is 5.57 Å². The summed E-state index contributed by atoms with van der Waals surface area (Å²) >= 11 is 0. The van der Waals surface area contributed by atoms with Gasteiger partial charge in [-0.2, -0.15) is 0 Å². The zero-order valence-corrected chi connectivity index (χ0v) is 10.1. The minimum atomic E-state index is 0.649. The molecule has 0 radical (unpaired) electrons. The van der Waals surface area contributed by atoms with Crippen LogP contribution in [0.2, 0.25) is 0 Å². The maximum Gasteiger partial charge on any atom is 0.137 e. The Hall–Kier alpha value is -1.35. The average molecular weight is 230 g/mol. The molecule has 2 heterocycles. The van der Waals surface area contributed by atoms with Gasteiger partial charge in [-0.25, -0.2) is 0 Å². The lowest BCUT2D eigenvalue weighted by Gasteiger charge is -2.35. The number of nitrogens with zero attached hydrogens (tertiary/aromatic N) is 1. The van der Waals surface area contributed by atoms with E-state index in [2.05, 4.69) is 22.4 Å². The van der Waals surface area contributed by atoms with Gasteiger partial charge < -0.3 is 10.1 Å². The maximum atomic E-state index is 5.24. The molecule has 17 heavy (non-hydrogen) atoms. The Balaban J connectivity index is 1.92. The molecule has 2 unspecified atom stereocenters. The van der Waals surface area contributed by atoms with Crippen molar-refractivity contribution in [2.45, 2.75) is 12.8 Å². The number of piperidine rings is 1. The summed E-state index contributed by atoms with van der Waals surface area (Å²) < 4.78 is 5.24. The van der Waals surface area contributed by atoms with Crippen molar-refractivity contribution >= 4 is 5.57 Å². The van der Waals surface area contributed by atoms with E-state index >= 15 is 0 Å². The second kappa shape index (κ2) is 4.49. The van der Waals surface area contributed by atoms with E-state index in [0.29, 0.717) is 5.92 Å². The van der Waals surface area contributed by atoms with E-state index in [-0.39, 0.29) is 0 Å². The first-order valence-electron chi connectivity index (χ1n) is 6.27. The summed E-state index contributed by atoms with van der Waals surface area (Å²) in [5.41, 5.74) is 2.66. The number of aromatic nitrogens is 1. The number of hydrogen-bond acceptors (Lipinski definition) is 3. The molecule has 2 aliphatic rings. The maximum absolute atomic E-state index is 5.24. The largest absolute Gasteiger partial charge is 0.495 e. The van der Waals surface area contributed by atoms with Crippen LogP contribution in [0.5, 0.6) is 5.75 Å².